The molecule has 0 radical (unpaired) electrons. The molecule has 1 heteroatoms. The largest absolute Gasteiger partial charge is 0.315 e. The fourth-order valence-electron chi connectivity index (χ4n) is 2.06. The van der Waals surface area contributed by atoms with Crippen molar-refractivity contribution in [2.45, 2.75) is 53.0 Å². The molecule has 0 atom stereocenters. The molecule has 1 N–H and O–H groups in total. The Kier molecular flexibility index (Phi) is 5.54. The molecule has 0 unspecified atom stereocenters. The normalized spacial score (nSPS) is 11.1. The molecule has 1 nitrogen and oxygen atoms in total. The van der Waals surface area contributed by atoms with Crippen molar-refractivity contribution in [2.75, 3.05) is 6.54 Å². The van der Waals surface area contributed by atoms with Gasteiger partial charge in [-0.3, -0.25) is 0 Å². The Bertz CT molecular complexity index is 295. The molecule has 16 heavy (non-hydrogen) atoms. The first kappa shape index (κ1) is 13.2. The molecule has 0 bridgehead atoms. The molecule has 0 fully saturated rings. The molecule has 0 aliphatic heterocycles. The molecular formula is C15H25N. The third-order valence-corrected chi connectivity index (χ3v) is 3.05. The highest BCUT2D eigenvalue weighted by molar-refractivity contribution is 5.33. The smallest absolute Gasteiger partial charge is 0.00103 e. The number of unbranched alkanes of at least 4 members (excludes halogenated alkanes) is 1. The molecule has 0 aliphatic carbocycles. The van der Waals surface area contributed by atoms with E-state index in [0.29, 0.717) is 6.04 Å². The van der Waals surface area contributed by atoms with Crippen molar-refractivity contribution in [2.24, 2.45) is 0 Å². The minimum absolute atomic E-state index is 0.611. The lowest BCUT2D eigenvalue weighted by Gasteiger charge is -2.10. The quantitative estimate of drug-likeness (QED) is 0.721. The zero-order valence-corrected chi connectivity index (χ0v) is 11.1. The maximum absolute atomic E-state index is 3.46. The minimum Gasteiger partial charge on any atom is -0.315 e. The highest BCUT2D eigenvalue weighted by Gasteiger charge is 2.01. The number of hydrogen-bond donors (Lipinski definition) is 1. The number of hydrogen-bond acceptors (Lipinski definition) is 1. The van der Waals surface area contributed by atoms with Crippen LogP contribution in [0.3, 0.4) is 0 Å². The zero-order valence-electron chi connectivity index (χ0n) is 11.1. The summed E-state index contributed by atoms with van der Waals surface area (Å²) >= 11 is 0. The van der Waals surface area contributed by atoms with Crippen LogP contribution < -0.4 is 5.32 Å². The van der Waals surface area contributed by atoms with E-state index in [1.165, 1.54) is 30.4 Å². The van der Waals surface area contributed by atoms with Gasteiger partial charge in [0.1, 0.15) is 0 Å². The molecule has 0 aromatic heterocycles. The van der Waals surface area contributed by atoms with Gasteiger partial charge in [-0.2, -0.15) is 0 Å². The molecule has 0 spiro atoms. The van der Waals surface area contributed by atoms with Crippen molar-refractivity contribution in [1.29, 1.82) is 0 Å². The number of benzene rings is 1. The van der Waals surface area contributed by atoms with Crippen molar-refractivity contribution in [3.63, 3.8) is 0 Å². The Balaban J connectivity index is 2.32. The summed E-state index contributed by atoms with van der Waals surface area (Å²) in [6.07, 6.45) is 3.77. The monoisotopic (exact) mass is 219 g/mol. The first-order valence-corrected chi connectivity index (χ1v) is 6.39. The molecule has 90 valence electrons. The van der Waals surface area contributed by atoms with E-state index in [2.05, 4.69) is 51.2 Å². The van der Waals surface area contributed by atoms with E-state index in [4.69, 9.17) is 0 Å². The minimum atomic E-state index is 0.611. The summed E-state index contributed by atoms with van der Waals surface area (Å²) in [5.41, 5.74) is 4.43. The van der Waals surface area contributed by atoms with Crippen molar-refractivity contribution in [1.82, 2.24) is 5.32 Å². The van der Waals surface area contributed by atoms with Gasteiger partial charge in [-0.25, -0.2) is 0 Å². The predicted octanol–water partition coefficient (Wildman–Crippen LogP) is 3.62. The van der Waals surface area contributed by atoms with E-state index in [1.807, 2.05) is 0 Å². The Morgan fingerprint density at radius 1 is 1.06 bits per heavy atom. The molecule has 0 saturated carbocycles. The average molecular weight is 219 g/mol. The van der Waals surface area contributed by atoms with Crippen LogP contribution in [0.5, 0.6) is 0 Å². The Morgan fingerprint density at radius 3 is 2.25 bits per heavy atom. The van der Waals surface area contributed by atoms with E-state index >= 15 is 0 Å². The average Bonchev–Trinajstić information content (AvgIpc) is 2.21. The summed E-state index contributed by atoms with van der Waals surface area (Å²) in [5, 5.41) is 3.46. The standard InChI is InChI=1S/C15H25N/c1-12(2)16-11-6-5-10-15-13(3)8-7-9-14(15)4/h7-9,12,16H,5-6,10-11H2,1-4H3. The highest BCUT2D eigenvalue weighted by atomic mass is 14.9. The maximum Gasteiger partial charge on any atom is 0.00103 e. The van der Waals surface area contributed by atoms with Crippen LogP contribution >= 0.6 is 0 Å². The second kappa shape index (κ2) is 6.70. The molecule has 1 aromatic carbocycles. The number of aryl methyl sites for hydroxylation is 2. The van der Waals surface area contributed by atoms with Crippen molar-refractivity contribution in [3.8, 4) is 0 Å². The van der Waals surface area contributed by atoms with Gasteiger partial charge in [0.25, 0.3) is 0 Å². The van der Waals surface area contributed by atoms with E-state index in [9.17, 15) is 0 Å². The summed E-state index contributed by atoms with van der Waals surface area (Å²) in [6, 6.07) is 7.19. The highest BCUT2D eigenvalue weighted by Crippen LogP contribution is 2.15. The van der Waals surface area contributed by atoms with Crippen molar-refractivity contribution in [3.05, 3.63) is 34.9 Å². The summed E-state index contributed by atoms with van der Waals surface area (Å²) in [6.45, 7) is 9.98. The first-order valence-electron chi connectivity index (χ1n) is 6.39. The maximum atomic E-state index is 3.46. The second-order valence-corrected chi connectivity index (χ2v) is 4.94. The molecule has 1 rings (SSSR count). The van der Waals surface area contributed by atoms with Gasteiger partial charge in [-0.15, -0.1) is 0 Å². The van der Waals surface area contributed by atoms with E-state index in [1.54, 1.807) is 5.56 Å². The van der Waals surface area contributed by atoms with Crippen LogP contribution in [0, 0.1) is 13.8 Å². The summed E-state index contributed by atoms with van der Waals surface area (Å²) in [4.78, 5) is 0. The lowest BCUT2D eigenvalue weighted by molar-refractivity contribution is 0.557. The molecule has 1 aromatic rings. The van der Waals surface area contributed by atoms with Gasteiger partial charge in [0.05, 0.1) is 0 Å². The van der Waals surface area contributed by atoms with Crippen molar-refractivity contribution >= 4 is 0 Å². The van der Waals surface area contributed by atoms with Gasteiger partial charge in [-0.1, -0.05) is 32.0 Å². The predicted molar refractivity (Wildman–Crippen MR) is 72.0 cm³/mol. The van der Waals surface area contributed by atoms with Crippen LogP contribution in [-0.4, -0.2) is 12.6 Å². The molecule has 0 aliphatic rings. The van der Waals surface area contributed by atoms with Gasteiger partial charge < -0.3 is 5.32 Å². The SMILES string of the molecule is Cc1cccc(C)c1CCCCNC(C)C. The topological polar surface area (TPSA) is 12.0 Å². The van der Waals surface area contributed by atoms with Crippen LogP contribution in [-0.2, 0) is 6.42 Å². The van der Waals surface area contributed by atoms with E-state index in [0.717, 1.165) is 6.54 Å². The molecular weight excluding hydrogens is 194 g/mol. The molecule has 0 heterocycles. The first-order chi connectivity index (χ1) is 7.61. The summed E-state index contributed by atoms with van der Waals surface area (Å²) in [5.74, 6) is 0. The lowest BCUT2D eigenvalue weighted by Crippen LogP contribution is -2.23. The van der Waals surface area contributed by atoms with Gasteiger partial charge in [-0.05, 0) is 56.3 Å². The van der Waals surface area contributed by atoms with Crippen LogP contribution in [0.4, 0.5) is 0 Å². The van der Waals surface area contributed by atoms with Gasteiger partial charge in [0, 0.05) is 6.04 Å². The third-order valence-electron chi connectivity index (χ3n) is 3.05. The van der Waals surface area contributed by atoms with E-state index in [-0.39, 0.29) is 0 Å². The third kappa shape index (κ3) is 4.36. The zero-order chi connectivity index (χ0) is 12.0. The lowest BCUT2D eigenvalue weighted by atomic mass is 9.98. The fraction of sp³-hybridized carbons (Fsp3) is 0.600. The number of nitrogens with one attached hydrogen (secondary N) is 1. The Morgan fingerprint density at radius 2 is 1.69 bits per heavy atom. The molecule has 0 amide bonds. The summed E-state index contributed by atoms with van der Waals surface area (Å²) in [7, 11) is 0. The van der Waals surface area contributed by atoms with Crippen LogP contribution in [0.1, 0.15) is 43.4 Å². The van der Waals surface area contributed by atoms with Crippen molar-refractivity contribution < 1.29 is 0 Å². The molecule has 0 saturated heterocycles. The summed E-state index contributed by atoms with van der Waals surface area (Å²) < 4.78 is 0. The van der Waals surface area contributed by atoms with Gasteiger partial charge in [0.15, 0.2) is 0 Å². The Hall–Kier alpha value is -0.820. The number of rotatable bonds is 6. The fourth-order valence-corrected chi connectivity index (χ4v) is 2.06. The van der Waals surface area contributed by atoms with Gasteiger partial charge >= 0.3 is 0 Å². The second-order valence-electron chi connectivity index (χ2n) is 4.94. The van der Waals surface area contributed by atoms with Gasteiger partial charge in [0.2, 0.25) is 0 Å². The van der Waals surface area contributed by atoms with E-state index < -0.39 is 0 Å². The van der Waals surface area contributed by atoms with Crippen LogP contribution in [0.15, 0.2) is 18.2 Å². The van der Waals surface area contributed by atoms with Crippen LogP contribution in [0.25, 0.3) is 0 Å². The van der Waals surface area contributed by atoms with Crippen LogP contribution in [0.2, 0.25) is 0 Å². The Labute approximate surface area is 100 Å².